The second-order valence-corrected chi connectivity index (χ2v) is 5.32. The Kier molecular flexibility index (Phi) is 4.68. The lowest BCUT2D eigenvalue weighted by atomic mass is 9.90. The van der Waals surface area contributed by atoms with Crippen molar-refractivity contribution in [2.24, 2.45) is 5.92 Å². The second kappa shape index (κ2) is 6.12. The number of rotatable bonds is 4. The summed E-state index contributed by atoms with van der Waals surface area (Å²) >= 11 is 0. The van der Waals surface area contributed by atoms with Crippen molar-refractivity contribution in [2.45, 2.75) is 44.8 Å². The molecule has 1 aliphatic rings. The van der Waals surface area contributed by atoms with Crippen LogP contribution in [0.4, 0.5) is 17.6 Å². The fraction of sp³-hybridized carbons (Fsp3) is 0.600. The molecule has 5 heteroatoms. The predicted molar refractivity (Wildman–Crippen MR) is 69.8 cm³/mol. The van der Waals surface area contributed by atoms with Gasteiger partial charge >= 0.3 is 6.18 Å². The van der Waals surface area contributed by atoms with Gasteiger partial charge in [0.15, 0.2) is 0 Å². The lowest BCUT2D eigenvalue weighted by molar-refractivity contribution is -0.140. The van der Waals surface area contributed by atoms with Crippen LogP contribution in [0.3, 0.4) is 0 Å². The fourth-order valence-corrected chi connectivity index (χ4v) is 3.02. The zero-order valence-electron chi connectivity index (χ0n) is 11.4. The molecular weight excluding hydrogens is 270 g/mol. The summed E-state index contributed by atoms with van der Waals surface area (Å²) in [6, 6.07) is 3.23. The zero-order valence-corrected chi connectivity index (χ0v) is 11.4. The van der Waals surface area contributed by atoms with E-state index in [9.17, 15) is 17.6 Å². The summed E-state index contributed by atoms with van der Waals surface area (Å²) < 4.78 is 51.7. The van der Waals surface area contributed by atoms with E-state index < -0.39 is 17.6 Å². The number of nitrogens with one attached hydrogen (secondary N) is 1. The van der Waals surface area contributed by atoms with Crippen molar-refractivity contribution in [1.29, 1.82) is 0 Å². The summed E-state index contributed by atoms with van der Waals surface area (Å²) in [5, 5.41) is 3.25. The summed E-state index contributed by atoms with van der Waals surface area (Å²) in [6.07, 6.45) is -0.404. The molecule has 0 aromatic heterocycles. The maximum absolute atomic E-state index is 13.4. The molecule has 0 amide bonds. The third-order valence-corrected chi connectivity index (χ3v) is 3.95. The van der Waals surface area contributed by atoms with Crippen molar-refractivity contribution < 1.29 is 17.6 Å². The molecule has 1 saturated carbocycles. The molecule has 0 aliphatic heterocycles. The highest BCUT2D eigenvalue weighted by molar-refractivity contribution is 5.30. The Morgan fingerprint density at radius 3 is 2.45 bits per heavy atom. The highest BCUT2D eigenvalue weighted by atomic mass is 19.4. The van der Waals surface area contributed by atoms with Crippen molar-refractivity contribution >= 4 is 0 Å². The van der Waals surface area contributed by atoms with Gasteiger partial charge in [0.2, 0.25) is 0 Å². The number of benzene rings is 1. The van der Waals surface area contributed by atoms with Crippen LogP contribution in [0.15, 0.2) is 18.2 Å². The normalized spacial score (nSPS) is 18.4. The molecule has 1 aromatic carbocycles. The molecule has 20 heavy (non-hydrogen) atoms. The maximum Gasteiger partial charge on any atom is 0.419 e. The van der Waals surface area contributed by atoms with Crippen LogP contribution in [0.2, 0.25) is 0 Å². The quantitative estimate of drug-likeness (QED) is 0.793. The van der Waals surface area contributed by atoms with E-state index in [1.807, 2.05) is 6.92 Å². The van der Waals surface area contributed by atoms with E-state index in [0.29, 0.717) is 18.0 Å². The molecule has 1 N–H and O–H groups in total. The molecule has 1 aromatic rings. The molecule has 1 fully saturated rings. The van der Waals surface area contributed by atoms with Gasteiger partial charge in [-0.3, -0.25) is 0 Å². The van der Waals surface area contributed by atoms with Gasteiger partial charge in [-0.05, 0) is 43.0 Å². The van der Waals surface area contributed by atoms with E-state index in [-0.39, 0.29) is 6.04 Å². The van der Waals surface area contributed by atoms with Crippen LogP contribution in [0.1, 0.15) is 49.8 Å². The third kappa shape index (κ3) is 3.32. The van der Waals surface area contributed by atoms with Gasteiger partial charge in [0.05, 0.1) is 5.56 Å². The summed E-state index contributed by atoms with van der Waals surface area (Å²) in [7, 11) is 0. The van der Waals surface area contributed by atoms with E-state index in [2.05, 4.69) is 5.32 Å². The lowest BCUT2D eigenvalue weighted by Gasteiger charge is -2.25. The molecule has 1 unspecified atom stereocenters. The highest BCUT2D eigenvalue weighted by Crippen LogP contribution is 2.38. The monoisotopic (exact) mass is 289 g/mol. The van der Waals surface area contributed by atoms with Crippen LogP contribution in [-0.4, -0.2) is 6.54 Å². The molecule has 1 nitrogen and oxygen atoms in total. The summed E-state index contributed by atoms with van der Waals surface area (Å²) in [4.78, 5) is 0. The average molecular weight is 289 g/mol. The van der Waals surface area contributed by atoms with Gasteiger partial charge in [0.1, 0.15) is 5.82 Å². The lowest BCUT2D eigenvalue weighted by Crippen LogP contribution is -2.27. The number of hydrogen-bond donors (Lipinski definition) is 1. The first kappa shape index (κ1) is 15.3. The van der Waals surface area contributed by atoms with Crippen LogP contribution in [0.5, 0.6) is 0 Å². The van der Waals surface area contributed by atoms with E-state index >= 15 is 0 Å². The molecule has 0 heterocycles. The molecule has 112 valence electrons. The standard InChI is InChI=1S/C15H19F4N/c1-2-20-14(10-5-3-4-6-10)11-7-8-13(16)12(9-11)15(17,18)19/h7-10,14,20H,2-6H2,1H3. The van der Waals surface area contributed by atoms with E-state index in [4.69, 9.17) is 0 Å². The average Bonchev–Trinajstić information content (AvgIpc) is 2.89. The molecule has 1 aliphatic carbocycles. The molecule has 2 rings (SSSR count). The SMILES string of the molecule is CCNC(c1ccc(F)c(C(F)(F)F)c1)C1CCCC1. The Hall–Kier alpha value is -1.10. The smallest absolute Gasteiger partial charge is 0.310 e. The largest absolute Gasteiger partial charge is 0.419 e. The Labute approximate surface area is 116 Å². The van der Waals surface area contributed by atoms with Crippen molar-refractivity contribution in [1.82, 2.24) is 5.32 Å². The van der Waals surface area contributed by atoms with Crippen molar-refractivity contribution in [3.05, 3.63) is 35.1 Å². The predicted octanol–water partition coefficient (Wildman–Crippen LogP) is 4.69. The fourth-order valence-electron chi connectivity index (χ4n) is 3.02. The molecule has 1 atom stereocenters. The number of halogens is 4. The van der Waals surface area contributed by atoms with Crippen molar-refractivity contribution in [3.63, 3.8) is 0 Å². The number of hydrogen-bond acceptors (Lipinski definition) is 1. The van der Waals surface area contributed by atoms with Gasteiger partial charge in [-0.25, -0.2) is 4.39 Å². The van der Waals surface area contributed by atoms with Gasteiger partial charge in [0, 0.05) is 6.04 Å². The van der Waals surface area contributed by atoms with Gasteiger partial charge in [0.25, 0.3) is 0 Å². The minimum absolute atomic E-state index is 0.121. The molecular formula is C15H19F4N. The Morgan fingerprint density at radius 1 is 1.25 bits per heavy atom. The first-order chi connectivity index (χ1) is 9.43. The molecule has 0 radical (unpaired) electrons. The van der Waals surface area contributed by atoms with Gasteiger partial charge < -0.3 is 5.32 Å². The van der Waals surface area contributed by atoms with Crippen molar-refractivity contribution in [2.75, 3.05) is 6.54 Å². The van der Waals surface area contributed by atoms with Crippen LogP contribution in [0, 0.1) is 11.7 Å². The van der Waals surface area contributed by atoms with Gasteiger partial charge in [-0.1, -0.05) is 25.8 Å². The third-order valence-electron chi connectivity index (χ3n) is 3.95. The summed E-state index contributed by atoms with van der Waals surface area (Å²) in [5.41, 5.74) is -0.636. The first-order valence-corrected chi connectivity index (χ1v) is 7.03. The second-order valence-electron chi connectivity index (χ2n) is 5.32. The summed E-state index contributed by atoms with van der Waals surface area (Å²) in [6.45, 7) is 2.61. The van der Waals surface area contributed by atoms with Gasteiger partial charge in [-0.2, -0.15) is 13.2 Å². The molecule has 0 bridgehead atoms. The van der Waals surface area contributed by atoms with Crippen LogP contribution in [-0.2, 0) is 6.18 Å². The summed E-state index contributed by atoms with van der Waals surface area (Å²) in [5.74, 6) is -0.871. The van der Waals surface area contributed by atoms with Crippen LogP contribution < -0.4 is 5.32 Å². The molecule has 0 saturated heterocycles. The van der Waals surface area contributed by atoms with Crippen molar-refractivity contribution in [3.8, 4) is 0 Å². The maximum atomic E-state index is 13.4. The number of alkyl halides is 3. The minimum Gasteiger partial charge on any atom is -0.310 e. The van der Waals surface area contributed by atoms with E-state index in [0.717, 1.165) is 37.8 Å². The van der Waals surface area contributed by atoms with E-state index in [1.54, 1.807) is 0 Å². The van der Waals surface area contributed by atoms with Gasteiger partial charge in [-0.15, -0.1) is 0 Å². The topological polar surface area (TPSA) is 12.0 Å². The molecule has 0 spiro atoms. The van der Waals surface area contributed by atoms with E-state index in [1.165, 1.54) is 6.07 Å². The zero-order chi connectivity index (χ0) is 14.8. The minimum atomic E-state index is -4.65. The Bertz CT molecular complexity index is 450. The highest BCUT2D eigenvalue weighted by Gasteiger charge is 2.35. The Balaban J connectivity index is 2.33. The van der Waals surface area contributed by atoms with Crippen LogP contribution in [0.25, 0.3) is 0 Å². The van der Waals surface area contributed by atoms with Crippen LogP contribution >= 0.6 is 0 Å². The first-order valence-electron chi connectivity index (χ1n) is 7.03. The Morgan fingerprint density at radius 2 is 1.90 bits per heavy atom.